The van der Waals surface area contributed by atoms with E-state index >= 15 is 0 Å². The monoisotopic (exact) mass is 456 g/mol. The van der Waals surface area contributed by atoms with Crippen molar-refractivity contribution >= 4 is 11.7 Å². The highest BCUT2D eigenvalue weighted by atomic mass is 16.5. The van der Waals surface area contributed by atoms with Crippen LogP contribution in [0.3, 0.4) is 0 Å². The molecule has 0 radical (unpaired) electrons. The molecule has 0 amide bonds. The lowest BCUT2D eigenvalue weighted by molar-refractivity contribution is 0.0695. The number of carboxylic acids is 1. The minimum atomic E-state index is -0.916. The lowest BCUT2D eigenvalue weighted by Gasteiger charge is -2.41. The van der Waals surface area contributed by atoms with Crippen molar-refractivity contribution in [1.82, 2.24) is 14.5 Å². The third-order valence-electron chi connectivity index (χ3n) is 5.75. The van der Waals surface area contributed by atoms with E-state index in [9.17, 15) is 9.90 Å². The van der Waals surface area contributed by atoms with Crippen molar-refractivity contribution in [2.75, 3.05) is 18.0 Å². The molecule has 0 atom stereocenters. The van der Waals surface area contributed by atoms with Crippen LogP contribution in [0.5, 0.6) is 11.5 Å². The molecule has 2 aromatic heterocycles. The highest BCUT2D eigenvalue weighted by Crippen LogP contribution is 2.30. The molecule has 172 valence electrons. The maximum Gasteiger partial charge on any atom is 0.336 e. The van der Waals surface area contributed by atoms with Gasteiger partial charge in [0, 0.05) is 30.2 Å². The van der Waals surface area contributed by atoms with Crippen LogP contribution in [0.15, 0.2) is 85.7 Å². The molecule has 8 nitrogen and oxygen atoms in total. The van der Waals surface area contributed by atoms with Crippen LogP contribution >= 0.6 is 0 Å². The van der Waals surface area contributed by atoms with E-state index in [1.807, 2.05) is 59.4 Å². The number of hydrogen-bond acceptors (Lipinski definition) is 6. The number of aromatic carboxylic acids is 1. The van der Waals surface area contributed by atoms with Crippen LogP contribution in [0, 0.1) is 0 Å². The number of carboxylic acid groups (broad SMARTS) is 1. The van der Waals surface area contributed by atoms with Gasteiger partial charge in [-0.1, -0.05) is 18.2 Å². The third kappa shape index (κ3) is 4.85. The summed E-state index contributed by atoms with van der Waals surface area (Å²) in [4.78, 5) is 21.9. The van der Waals surface area contributed by atoms with E-state index in [4.69, 9.17) is 9.47 Å². The second-order valence-corrected chi connectivity index (χ2v) is 8.12. The van der Waals surface area contributed by atoms with Crippen LogP contribution < -0.4 is 14.4 Å². The van der Waals surface area contributed by atoms with Crippen molar-refractivity contribution < 1.29 is 19.4 Å². The zero-order valence-corrected chi connectivity index (χ0v) is 18.4. The zero-order valence-electron chi connectivity index (χ0n) is 18.4. The molecular formula is C26H24N4O4. The van der Waals surface area contributed by atoms with Crippen LogP contribution in [0.4, 0.5) is 5.69 Å². The summed E-state index contributed by atoms with van der Waals surface area (Å²) in [6, 6.07) is 17.1. The largest absolute Gasteiger partial charge is 0.487 e. The maximum atomic E-state index is 11.8. The number of hydrogen-bond donors (Lipinski definition) is 1. The molecule has 8 heteroatoms. The van der Waals surface area contributed by atoms with Gasteiger partial charge in [0.2, 0.25) is 0 Å². The van der Waals surface area contributed by atoms with E-state index in [-0.39, 0.29) is 6.10 Å². The maximum absolute atomic E-state index is 11.8. The van der Waals surface area contributed by atoms with Crippen LogP contribution in [-0.2, 0) is 13.2 Å². The molecule has 0 spiro atoms. The summed E-state index contributed by atoms with van der Waals surface area (Å²) in [6.07, 6.45) is 8.63. The van der Waals surface area contributed by atoms with E-state index in [0.29, 0.717) is 37.6 Å². The van der Waals surface area contributed by atoms with Gasteiger partial charge in [-0.2, -0.15) is 0 Å². The molecule has 1 aliphatic heterocycles. The topological polar surface area (TPSA) is 89.7 Å². The summed E-state index contributed by atoms with van der Waals surface area (Å²) in [5.41, 5.74) is 3.09. The van der Waals surface area contributed by atoms with E-state index in [0.717, 1.165) is 22.6 Å². The Morgan fingerprint density at radius 2 is 1.71 bits per heavy atom. The Hall–Kier alpha value is -4.33. The predicted molar refractivity (Wildman–Crippen MR) is 126 cm³/mol. The van der Waals surface area contributed by atoms with Gasteiger partial charge in [0.25, 0.3) is 0 Å². The van der Waals surface area contributed by atoms with Gasteiger partial charge in [-0.25, -0.2) is 14.8 Å². The summed E-state index contributed by atoms with van der Waals surface area (Å²) in [5, 5.41) is 9.70. The highest BCUT2D eigenvalue weighted by Gasteiger charge is 2.31. The second-order valence-electron chi connectivity index (χ2n) is 8.12. The normalized spacial score (nSPS) is 13.4. The molecule has 0 unspecified atom stereocenters. The van der Waals surface area contributed by atoms with Gasteiger partial charge < -0.3 is 24.0 Å². The Labute approximate surface area is 197 Å². The molecule has 0 aliphatic carbocycles. The van der Waals surface area contributed by atoms with Crippen LogP contribution in [0.1, 0.15) is 21.5 Å². The number of rotatable bonds is 9. The fourth-order valence-electron chi connectivity index (χ4n) is 3.99. The first-order chi connectivity index (χ1) is 16.7. The Morgan fingerprint density at radius 1 is 0.971 bits per heavy atom. The van der Waals surface area contributed by atoms with Gasteiger partial charge in [-0.05, 0) is 42.0 Å². The number of ether oxygens (including phenoxy) is 2. The van der Waals surface area contributed by atoms with Crippen LogP contribution in [-0.4, -0.2) is 44.8 Å². The molecule has 34 heavy (non-hydrogen) atoms. The number of carbonyl (C=O) groups is 1. The van der Waals surface area contributed by atoms with E-state index in [2.05, 4.69) is 14.9 Å². The third-order valence-corrected chi connectivity index (χ3v) is 5.75. The van der Waals surface area contributed by atoms with Gasteiger partial charge in [-0.15, -0.1) is 0 Å². The average Bonchev–Trinajstić information content (AvgIpc) is 3.35. The van der Waals surface area contributed by atoms with Gasteiger partial charge in [0.05, 0.1) is 31.0 Å². The van der Waals surface area contributed by atoms with Gasteiger partial charge >= 0.3 is 5.97 Å². The van der Waals surface area contributed by atoms with Crippen molar-refractivity contribution in [2.24, 2.45) is 0 Å². The fraction of sp³-hybridized carbons (Fsp3) is 0.192. The molecule has 0 bridgehead atoms. The first-order valence-electron chi connectivity index (χ1n) is 11.0. The molecular weight excluding hydrogens is 432 g/mol. The molecule has 0 saturated carbocycles. The molecule has 1 saturated heterocycles. The highest BCUT2D eigenvalue weighted by molar-refractivity contribution is 5.91. The summed E-state index contributed by atoms with van der Waals surface area (Å²) >= 11 is 0. The lowest BCUT2D eigenvalue weighted by atomic mass is 10.0. The first kappa shape index (κ1) is 21.5. The molecule has 1 aliphatic rings. The van der Waals surface area contributed by atoms with Crippen LogP contribution in [0.2, 0.25) is 0 Å². The Bertz CT molecular complexity index is 1240. The van der Waals surface area contributed by atoms with Gasteiger partial charge in [0.1, 0.15) is 24.8 Å². The summed E-state index contributed by atoms with van der Waals surface area (Å²) < 4.78 is 13.8. The Kier molecular flexibility index (Phi) is 6.11. The van der Waals surface area contributed by atoms with Crippen LogP contribution in [0.25, 0.3) is 0 Å². The summed E-state index contributed by atoms with van der Waals surface area (Å²) in [5.74, 6) is 0.505. The fourth-order valence-corrected chi connectivity index (χ4v) is 3.99. The van der Waals surface area contributed by atoms with E-state index < -0.39 is 5.97 Å². The molecule has 4 aromatic rings. The zero-order chi connectivity index (χ0) is 23.3. The Balaban J connectivity index is 1.20. The number of aromatic nitrogens is 3. The molecule has 3 heterocycles. The number of anilines is 1. The molecule has 5 rings (SSSR count). The van der Waals surface area contributed by atoms with Crippen molar-refractivity contribution in [2.45, 2.75) is 19.3 Å². The number of nitrogens with zero attached hydrogens (tertiary/aromatic N) is 4. The van der Waals surface area contributed by atoms with Gasteiger partial charge in [0.15, 0.2) is 5.75 Å². The minimum Gasteiger partial charge on any atom is -0.487 e. The summed E-state index contributed by atoms with van der Waals surface area (Å²) in [6.45, 7) is 2.32. The molecule has 2 aromatic carbocycles. The molecule has 1 fully saturated rings. The second kappa shape index (κ2) is 9.66. The lowest BCUT2D eigenvalue weighted by Crippen LogP contribution is -2.54. The quantitative estimate of drug-likeness (QED) is 0.409. The van der Waals surface area contributed by atoms with Crippen molar-refractivity contribution in [3.8, 4) is 11.5 Å². The molecule has 1 N–H and O–H groups in total. The minimum absolute atomic E-state index is 0.0384. The number of benzene rings is 2. The standard InChI is InChI=1S/C26H24N4O4/c31-26(32)23-4-3-5-25(24(23)16-29-10-1-2-11-29)30-14-22(15-30)34-20-8-6-19(7-9-20)17-33-21-12-27-18-28-13-21/h1-13,18,22H,14-17H2,(H,31,32). The van der Waals surface area contributed by atoms with Crippen molar-refractivity contribution in [1.29, 1.82) is 0 Å². The van der Waals surface area contributed by atoms with Gasteiger partial charge in [-0.3, -0.25) is 0 Å². The smallest absolute Gasteiger partial charge is 0.336 e. The van der Waals surface area contributed by atoms with Crippen molar-refractivity contribution in [3.63, 3.8) is 0 Å². The first-order valence-corrected chi connectivity index (χ1v) is 11.0. The van der Waals surface area contributed by atoms with Crippen molar-refractivity contribution in [3.05, 3.63) is 102 Å². The Morgan fingerprint density at radius 3 is 2.41 bits per heavy atom. The van der Waals surface area contributed by atoms with E-state index in [1.165, 1.54) is 6.33 Å². The predicted octanol–water partition coefficient (Wildman–Crippen LogP) is 3.87. The summed E-state index contributed by atoms with van der Waals surface area (Å²) in [7, 11) is 0. The SMILES string of the molecule is O=C(O)c1cccc(N2CC(Oc3ccc(COc4cncnc4)cc3)C2)c1Cn1cccc1. The average molecular weight is 457 g/mol. The van der Waals surface area contributed by atoms with E-state index in [1.54, 1.807) is 24.5 Å².